The molecule has 2 aliphatic heterocycles. The lowest BCUT2D eigenvalue weighted by molar-refractivity contribution is 0.147. The Kier molecular flexibility index (Phi) is 4.58. The van der Waals surface area contributed by atoms with Crippen molar-refractivity contribution in [2.24, 2.45) is 5.16 Å². The van der Waals surface area contributed by atoms with Gasteiger partial charge in [-0.25, -0.2) is 4.79 Å². The van der Waals surface area contributed by atoms with Crippen LogP contribution in [0.15, 0.2) is 5.16 Å². The quantitative estimate of drug-likeness (QED) is 0.474. The normalized spacial score (nSPS) is 27.1. The smallest absolute Gasteiger partial charge is 0.320 e. The first kappa shape index (κ1) is 13.3. The molecule has 2 fully saturated rings. The molecule has 2 unspecified atom stereocenters. The predicted octanol–water partition coefficient (Wildman–Crippen LogP) is 2.13. The number of amides is 1. The number of piperidine rings is 1. The van der Waals surface area contributed by atoms with E-state index in [1.807, 2.05) is 0 Å². The Balaban J connectivity index is 1.75. The molecule has 5 heteroatoms. The van der Waals surface area contributed by atoms with Crippen LogP contribution in [-0.2, 0) is 4.84 Å². The van der Waals surface area contributed by atoms with Gasteiger partial charge in [0.15, 0.2) is 0 Å². The molecule has 0 aliphatic carbocycles. The Labute approximate surface area is 109 Å². The van der Waals surface area contributed by atoms with Crippen LogP contribution in [0.1, 0.15) is 45.4 Å². The molecule has 2 rings (SSSR count). The van der Waals surface area contributed by atoms with E-state index in [4.69, 9.17) is 4.84 Å². The van der Waals surface area contributed by atoms with Crippen molar-refractivity contribution in [2.75, 3.05) is 13.6 Å². The Morgan fingerprint density at radius 3 is 2.72 bits per heavy atom. The molecular formula is C13H23N3O2. The third-order valence-electron chi connectivity index (χ3n) is 3.98. The maximum atomic E-state index is 11.4. The molecular weight excluding hydrogens is 230 g/mol. The summed E-state index contributed by atoms with van der Waals surface area (Å²) in [6.45, 7) is 2.75. The van der Waals surface area contributed by atoms with Gasteiger partial charge in [0.25, 0.3) is 0 Å². The molecule has 2 aliphatic rings. The van der Waals surface area contributed by atoms with Gasteiger partial charge in [-0.15, -0.1) is 0 Å². The van der Waals surface area contributed by atoms with Crippen molar-refractivity contribution in [3.63, 3.8) is 0 Å². The molecule has 5 nitrogen and oxygen atoms in total. The first-order chi connectivity index (χ1) is 8.70. The fourth-order valence-corrected chi connectivity index (χ4v) is 2.79. The topological polar surface area (TPSA) is 53.9 Å². The predicted molar refractivity (Wildman–Crippen MR) is 70.6 cm³/mol. The summed E-state index contributed by atoms with van der Waals surface area (Å²) in [7, 11) is 2.18. The first-order valence-corrected chi connectivity index (χ1v) is 6.93. The van der Waals surface area contributed by atoms with Gasteiger partial charge in [-0.3, -0.25) is 9.74 Å². The molecule has 0 spiro atoms. The Morgan fingerprint density at radius 1 is 1.44 bits per heavy atom. The summed E-state index contributed by atoms with van der Waals surface area (Å²) in [5.74, 6) is 0. The molecule has 2 heterocycles. The number of oxime groups is 1. The summed E-state index contributed by atoms with van der Waals surface area (Å²) in [5.41, 5.74) is 1.03. The van der Waals surface area contributed by atoms with Gasteiger partial charge < -0.3 is 5.32 Å². The highest BCUT2D eigenvalue weighted by molar-refractivity contribution is 5.86. The second kappa shape index (κ2) is 6.18. The molecule has 0 aromatic carbocycles. The largest absolute Gasteiger partial charge is 0.433 e. The lowest BCUT2D eigenvalue weighted by Gasteiger charge is -2.31. The summed E-state index contributed by atoms with van der Waals surface area (Å²) in [6.07, 6.45) is 5.96. The molecule has 0 radical (unpaired) electrons. The number of nitrogens with zero attached hydrogens (tertiary/aromatic N) is 2. The SMILES string of the molecule is CCCCNC(=O)ON=C1CC2CCC(C1)N2C. The van der Waals surface area contributed by atoms with Crippen LogP contribution >= 0.6 is 0 Å². The lowest BCUT2D eigenvalue weighted by atomic mass is 10.0. The van der Waals surface area contributed by atoms with Crippen molar-refractivity contribution in [2.45, 2.75) is 57.5 Å². The van der Waals surface area contributed by atoms with Crippen LogP contribution < -0.4 is 5.32 Å². The number of carbonyl (C=O) groups excluding carboxylic acids is 1. The molecule has 2 saturated heterocycles. The van der Waals surface area contributed by atoms with Gasteiger partial charge in [0.2, 0.25) is 0 Å². The van der Waals surface area contributed by atoms with Gasteiger partial charge in [0.05, 0.1) is 5.71 Å². The Hall–Kier alpha value is -1.10. The number of carbonyl (C=O) groups is 1. The fraction of sp³-hybridized carbons (Fsp3) is 0.846. The van der Waals surface area contributed by atoms with Crippen LogP contribution in [0, 0.1) is 0 Å². The van der Waals surface area contributed by atoms with Crippen molar-refractivity contribution in [1.82, 2.24) is 10.2 Å². The van der Waals surface area contributed by atoms with Gasteiger partial charge >= 0.3 is 6.09 Å². The molecule has 1 N–H and O–H groups in total. The Morgan fingerprint density at radius 2 is 2.11 bits per heavy atom. The number of hydrogen-bond donors (Lipinski definition) is 1. The average molecular weight is 253 g/mol. The van der Waals surface area contributed by atoms with Gasteiger partial charge in [0, 0.05) is 31.5 Å². The summed E-state index contributed by atoms with van der Waals surface area (Å²) in [6, 6.07) is 1.18. The van der Waals surface area contributed by atoms with E-state index >= 15 is 0 Å². The van der Waals surface area contributed by atoms with Crippen LogP contribution in [-0.4, -0.2) is 42.4 Å². The van der Waals surface area contributed by atoms with Crippen molar-refractivity contribution >= 4 is 11.8 Å². The number of hydrogen-bond acceptors (Lipinski definition) is 4. The van der Waals surface area contributed by atoms with Crippen LogP contribution in [0.25, 0.3) is 0 Å². The van der Waals surface area contributed by atoms with Crippen LogP contribution in [0.2, 0.25) is 0 Å². The highest BCUT2D eigenvalue weighted by atomic mass is 16.7. The summed E-state index contributed by atoms with van der Waals surface area (Å²) < 4.78 is 0. The maximum Gasteiger partial charge on any atom is 0.433 e. The molecule has 2 atom stereocenters. The van der Waals surface area contributed by atoms with Crippen LogP contribution in [0.5, 0.6) is 0 Å². The zero-order valence-corrected chi connectivity index (χ0v) is 11.3. The second-order valence-corrected chi connectivity index (χ2v) is 5.28. The minimum absolute atomic E-state index is 0.428. The summed E-state index contributed by atoms with van der Waals surface area (Å²) in [5, 5.41) is 6.71. The highest BCUT2D eigenvalue weighted by Crippen LogP contribution is 2.32. The minimum Gasteiger partial charge on any atom is -0.320 e. The molecule has 0 aromatic rings. The number of unbranched alkanes of at least 4 members (excludes halogenated alkanes) is 1. The molecule has 18 heavy (non-hydrogen) atoms. The first-order valence-electron chi connectivity index (χ1n) is 6.93. The van der Waals surface area contributed by atoms with Gasteiger partial charge in [0.1, 0.15) is 0 Å². The highest BCUT2D eigenvalue weighted by Gasteiger charge is 2.36. The second-order valence-electron chi connectivity index (χ2n) is 5.28. The van der Waals surface area contributed by atoms with Crippen molar-refractivity contribution in [3.05, 3.63) is 0 Å². The van der Waals surface area contributed by atoms with E-state index < -0.39 is 6.09 Å². The fourth-order valence-electron chi connectivity index (χ4n) is 2.79. The van der Waals surface area contributed by atoms with E-state index in [9.17, 15) is 4.79 Å². The maximum absolute atomic E-state index is 11.4. The van der Waals surface area contributed by atoms with Crippen molar-refractivity contribution in [3.8, 4) is 0 Å². The van der Waals surface area contributed by atoms with Gasteiger partial charge in [-0.05, 0) is 26.3 Å². The van der Waals surface area contributed by atoms with Crippen LogP contribution in [0.4, 0.5) is 4.79 Å². The van der Waals surface area contributed by atoms with Crippen LogP contribution in [0.3, 0.4) is 0 Å². The lowest BCUT2D eigenvalue weighted by Crippen LogP contribution is -2.40. The van der Waals surface area contributed by atoms with Gasteiger partial charge in [-0.1, -0.05) is 18.5 Å². The zero-order valence-electron chi connectivity index (χ0n) is 11.3. The van der Waals surface area contributed by atoms with E-state index in [1.54, 1.807) is 0 Å². The van der Waals surface area contributed by atoms with E-state index in [2.05, 4.69) is 29.3 Å². The van der Waals surface area contributed by atoms with Gasteiger partial charge in [-0.2, -0.15) is 0 Å². The average Bonchev–Trinajstić information content (AvgIpc) is 2.60. The zero-order chi connectivity index (χ0) is 13.0. The van der Waals surface area contributed by atoms with E-state index in [-0.39, 0.29) is 0 Å². The number of fused-ring (bicyclic) bond motifs is 2. The molecule has 102 valence electrons. The molecule has 2 bridgehead atoms. The van der Waals surface area contributed by atoms with Crippen molar-refractivity contribution < 1.29 is 9.63 Å². The monoisotopic (exact) mass is 253 g/mol. The number of nitrogens with one attached hydrogen (secondary N) is 1. The third-order valence-corrected chi connectivity index (χ3v) is 3.98. The van der Waals surface area contributed by atoms with E-state index in [1.165, 1.54) is 12.8 Å². The molecule has 0 aromatic heterocycles. The summed E-state index contributed by atoms with van der Waals surface area (Å²) >= 11 is 0. The minimum atomic E-state index is -0.428. The standard InChI is InChI=1S/C13H23N3O2/c1-3-4-7-14-13(17)18-15-10-8-11-5-6-12(9-10)16(11)2/h11-12H,3-9H2,1-2H3,(H,14,17). The van der Waals surface area contributed by atoms with E-state index in [0.717, 1.165) is 31.4 Å². The molecule has 0 saturated carbocycles. The molecule has 1 amide bonds. The number of rotatable bonds is 4. The van der Waals surface area contributed by atoms with Crippen molar-refractivity contribution in [1.29, 1.82) is 0 Å². The summed E-state index contributed by atoms with van der Waals surface area (Å²) in [4.78, 5) is 18.7. The Bertz CT molecular complexity index is 314. The van der Waals surface area contributed by atoms with E-state index in [0.29, 0.717) is 18.6 Å². The third kappa shape index (κ3) is 3.22.